The molecule has 0 radical (unpaired) electrons. The second-order valence-corrected chi connectivity index (χ2v) is 9.66. The van der Waals surface area contributed by atoms with Gasteiger partial charge in [0.1, 0.15) is 11.4 Å². The maximum atomic E-state index is 13.3. The quantitative estimate of drug-likeness (QED) is 0.668. The molecule has 4 amide bonds. The van der Waals surface area contributed by atoms with Crippen LogP contribution in [0.5, 0.6) is 0 Å². The first-order valence-electron chi connectivity index (χ1n) is 12.1. The van der Waals surface area contributed by atoms with Crippen LogP contribution in [0, 0.1) is 13.8 Å². The second-order valence-electron chi connectivity index (χ2n) is 9.66. The van der Waals surface area contributed by atoms with Gasteiger partial charge in [0.15, 0.2) is 0 Å². The van der Waals surface area contributed by atoms with E-state index in [4.69, 9.17) is 4.98 Å². The van der Waals surface area contributed by atoms with Crippen molar-refractivity contribution in [3.63, 3.8) is 0 Å². The molecule has 8 nitrogen and oxygen atoms in total. The Morgan fingerprint density at radius 2 is 1.82 bits per heavy atom. The highest BCUT2D eigenvalue weighted by Crippen LogP contribution is 2.40. The summed E-state index contributed by atoms with van der Waals surface area (Å²) in [6.07, 6.45) is 4.97. The van der Waals surface area contributed by atoms with Crippen molar-refractivity contribution in [1.82, 2.24) is 20.5 Å². The number of imide groups is 1. The van der Waals surface area contributed by atoms with Crippen LogP contribution in [0.15, 0.2) is 30.5 Å². The van der Waals surface area contributed by atoms with Crippen molar-refractivity contribution in [2.45, 2.75) is 51.5 Å². The summed E-state index contributed by atoms with van der Waals surface area (Å²) in [6.45, 7) is 8.59. The normalized spacial score (nSPS) is 22.6. The monoisotopic (exact) mass is 461 g/mol. The van der Waals surface area contributed by atoms with Crippen molar-refractivity contribution in [3.8, 4) is 0 Å². The first-order valence-corrected chi connectivity index (χ1v) is 12.1. The topological polar surface area (TPSA) is 94.6 Å². The highest BCUT2D eigenvalue weighted by atomic mass is 16.2. The Morgan fingerprint density at radius 1 is 1.09 bits per heavy atom. The Morgan fingerprint density at radius 3 is 2.38 bits per heavy atom. The Balaban J connectivity index is 1.28. The van der Waals surface area contributed by atoms with E-state index in [2.05, 4.69) is 28.5 Å². The van der Waals surface area contributed by atoms with Gasteiger partial charge in [-0.1, -0.05) is 25.1 Å². The fraction of sp³-hybridized carbons (Fsp3) is 0.462. The minimum absolute atomic E-state index is 0.0112. The number of anilines is 1. The Kier molecular flexibility index (Phi) is 5.54. The molecule has 1 aromatic carbocycles. The average molecular weight is 462 g/mol. The van der Waals surface area contributed by atoms with E-state index in [0.717, 1.165) is 24.5 Å². The van der Waals surface area contributed by atoms with E-state index in [1.807, 2.05) is 31.0 Å². The molecular formula is C26H31N5O3. The van der Waals surface area contributed by atoms with Crippen LogP contribution < -0.4 is 15.5 Å². The van der Waals surface area contributed by atoms with Gasteiger partial charge in [-0.3, -0.25) is 14.9 Å². The molecule has 2 saturated heterocycles. The zero-order valence-corrected chi connectivity index (χ0v) is 20.0. The van der Waals surface area contributed by atoms with Crippen LogP contribution in [0.2, 0.25) is 0 Å². The summed E-state index contributed by atoms with van der Waals surface area (Å²) in [5, 5.41) is 5.08. The number of aromatic nitrogens is 1. The number of benzene rings is 1. The van der Waals surface area contributed by atoms with Crippen molar-refractivity contribution >= 4 is 23.7 Å². The van der Waals surface area contributed by atoms with Crippen molar-refractivity contribution in [2.24, 2.45) is 0 Å². The summed E-state index contributed by atoms with van der Waals surface area (Å²) in [6, 6.07) is 7.16. The molecule has 2 aliphatic heterocycles. The number of aryl methyl sites for hydroxylation is 2. The zero-order valence-electron chi connectivity index (χ0n) is 20.0. The van der Waals surface area contributed by atoms with Crippen molar-refractivity contribution in [1.29, 1.82) is 0 Å². The van der Waals surface area contributed by atoms with E-state index >= 15 is 0 Å². The third kappa shape index (κ3) is 3.81. The molecule has 0 spiro atoms. The van der Waals surface area contributed by atoms with Gasteiger partial charge in [0.2, 0.25) is 0 Å². The van der Waals surface area contributed by atoms with Crippen LogP contribution in [-0.4, -0.2) is 53.9 Å². The molecule has 3 aliphatic rings. The lowest BCUT2D eigenvalue weighted by atomic mass is 9.85. The number of nitrogens with one attached hydrogen (secondary N) is 2. The molecule has 1 atom stereocenters. The number of hydrogen-bond acceptors (Lipinski definition) is 5. The van der Waals surface area contributed by atoms with E-state index in [9.17, 15) is 14.4 Å². The summed E-state index contributed by atoms with van der Waals surface area (Å²) in [5.41, 5.74) is 3.55. The van der Waals surface area contributed by atoms with Gasteiger partial charge < -0.3 is 15.1 Å². The molecular weight excluding hydrogens is 430 g/mol. The van der Waals surface area contributed by atoms with Crippen molar-refractivity contribution in [2.75, 3.05) is 31.1 Å². The third-order valence-corrected chi connectivity index (χ3v) is 7.41. The molecule has 2 N–H and O–H groups in total. The van der Waals surface area contributed by atoms with E-state index in [1.165, 1.54) is 24.0 Å². The molecule has 1 aliphatic carbocycles. The smallest absolute Gasteiger partial charge is 0.322 e. The van der Waals surface area contributed by atoms with Crippen molar-refractivity contribution in [3.05, 3.63) is 58.3 Å². The van der Waals surface area contributed by atoms with Crippen molar-refractivity contribution < 1.29 is 14.4 Å². The fourth-order valence-corrected chi connectivity index (χ4v) is 5.17. The fourth-order valence-electron chi connectivity index (χ4n) is 5.17. The molecule has 1 saturated carbocycles. The molecule has 3 heterocycles. The van der Waals surface area contributed by atoms with Crippen LogP contribution >= 0.6 is 0 Å². The van der Waals surface area contributed by atoms with E-state index in [0.29, 0.717) is 36.6 Å². The SMILES string of the molecule is CCC1(c2ccc(C(=O)N3CCN(c4ncc(C5CC5)cc4C)CC3)c(C)c2)NC(=O)NC1=O. The van der Waals surface area contributed by atoms with Crippen LogP contribution in [-0.2, 0) is 10.3 Å². The number of carbonyl (C=O) groups is 3. The van der Waals surface area contributed by atoms with Gasteiger partial charge in [-0.15, -0.1) is 0 Å². The number of carbonyl (C=O) groups excluding carboxylic acids is 3. The summed E-state index contributed by atoms with van der Waals surface area (Å²) in [7, 11) is 0. The van der Waals surface area contributed by atoms with Crippen LogP contribution in [0.3, 0.4) is 0 Å². The van der Waals surface area contributed by atoms with Crippen LogP contribution in [0.4, 0.5) is 10.6 Å². The molecule has 0 bridgehead atoms. The zero-order chi connectivity index (χ0) is 24.0. The van der Waals surface area contributed by atoms with Gasteiger partial charge in [-0.05, 0) is 67.3 Å². The standard InChI is InChI=1S/C26H31N5O3/c1-4-26(24(33)28-25(34)29-26)20-7-8-21(16(2)14-20)23(32)31-11-9-30(10-12-31)22-17(3)13-19(15-27-22)18-5-6-18/h7-8,13-15,18H,4-6,9-12H2,1-3H3,(H2,28,29,33,34). The molecule has 178 valence electrons. The largest absolute Gasteiger partial charge is 0.353 e. The third-order valence-electron chi connectivity index (χ3n) is 7.41. The summed E-state index contributed by atoms with van der Waals surface area (Å²) < 4.78 is 0. The number of rotatable bonds is 5. The number of piperazine rings is 1. The summed E-state index contributed by atoms with van der Waals surface area (Å²) in [5.74, 6) is 1.33. The van der Waals surface area contributed by atoms with Gasteiger partial charge in [0.25, 0.3) is 11.8 Å². The highest BCUT2D eigenvalue weighted by molar-refractivity contribution is 6.07. The molecule has 1 aromatic heterocycles. The minimum Gasteiger partial charge on any atom is -0.353 e. The van der Waals surface area contributed by atoms with Crippen LogP contribution in [0.25, 0.3) is 0 Å². The lowest BCUT2D eigenvalue weighted by Gasteiger charge is -2.36. The Hall–Kier alpha value is -3.42. The Bertz CT molecular complexity index is 1170. The first-order chi connectivity index (χ1) is 16.3. The minimum atomic E-state index is -1.09. The number of hydrogen-bond donors (Lipinski definition) is 2. The maximum Gasteiger partial charge on any atom is 0.322 e. The predicted molar refractivity (Wildman–Crippen MR) is 129 cm³/mol. The maximum absolute atomic E-state index is 13.3. The number of pyridine rings is 1. The Labute approximate surface area is 199 Å². The summed E-state index contributed by atoms with van der Waals surface area (Å²) in [4.78, 5) is 46.4. The number of nitrogens with zero attached hydrogens (tertiary/aromatic N) is 3. The molecule has 34 heavy (non-hydrogen) atoms. The molecule has 1 unspecified atom stereocenters. The first kappa shape index (κ1) is 22.4. The van der Waals surface area contributed by atoms with E-state index in [1.54, 1.807) is 12.1 Å². The van der Waals surface area contributed by atoms with Crippen LogP contribution in [0.1, 0.15) is 64.7 Å². The highest BCUT2D eigenvalue weighted by Gasteiger charge is 2.46. The number of amides is 4. The van der Waals surface area contributed by atoms with Gasteiger partial charge >= 0.3 is 6.03 Å². The predicted octanol–water partition coefficient (Wildman–Crippen LogP) is 2.98. The molecule has 2 aromatic rings. The van der Waals surface area contributed by atoms with Gasteiger partial charge in [-0.25, -0.2) is 9.78 Å². The lowest BCUT2D eigenvalue weighted by Crippen LogP contribution is -2.49. The summed E-state index contributed by atoms with van der Waals surface area (Å²) >= 11 is 0. The van der Waals surface area contributed by atoms with Gasteiger partial charge in [-0.2, -0.15) is 0 Å². The van der Waals surface area contributed by atoms with E-state index < -0.39 is 11.6 Å². The molecule has 5 rings (SSSR count). The van der Waals surface area contributed by atoms with Gasteiger partial charge in [0.05, 0.1) is 0 Å². The average Bonchev–Trinajstić information content (AvgIpc) is 3.63. The van der Waals surface area contributed by atoms with Gasteiger partial charge in [0, 0.05) is 37.9 Å². The molecule has 8 heteroatoms. The van der Waals surface area contributed by atoms with E-state index in [-0.39, 0.29) is 11.8 Å². The molecule has 3 fully saturated rings. The second kappa shape index (κ2) is 8.42. The lowest BCUT2D eigenvalue weighted by molar-refractivity contribution is -0.124. The number of urea groups is 1.